The third-order valence-corrected chi connectivity index (χ3v) is 3.36. The van der Waals surface area contributed by atoms with Gasteiger partial charge in [0.25, 0.3) is 0 Å². The van der Waals surface area contributed by atoms with Crippen LogP contribution in [0, 0.1) is 0 Å². The molecule has 1 saturated carbocycles. The van der Waals surface area contributed by atoms with Crippen molar-refractivity contribution < 1.29 is 4.74 Å². The molecule has 0 atom stereocenters. The molecule has 0 aromatic carbocycles. The number of aliphatic imine (C=N–C) groups is 1. The van der Waals surface area contributed by atoms with E-state index in [1.54, 1.807) is 7.11 Å². The second kappa shape index (κ2) is 10.1. The molecule has 0 amide bonds. The van der Waals surface area contributed by atoms with Crippen LogP contribution >= 0.6 is 0 Å². The van der Waals surface area contributed by atoms with Gasteiger partial charge in [0.1, 0.15) is 0 Å². The number of nitrogens with one attached hydrogen (secondary N) is 2. The molecule has 5 nitrogen and oxygen atoms in total. The van der Waals surface area contributed by atoms with Crippen molar-refractivity contribution in [3.63, 3.8) is 0 Å². The summed E-state index contributed by atoms with van der Waals surface area (Å²) in [6.07, 6.45) is 10.1. The van der Waals surface area contributed by atoms with E-state index in [1.807, 2.05) is 0 Å². The van der Waals surface area contributed by atoms with Crippen LogP contribution in [0.4, 0.5) is 0 Å². The summed E-state index contributed by atoms with van der Waals surface area (Å²) in [5, 5.41) is 3.42. The zero-order chi connectivity index (χ0) is 13.1. The Hall–Kier alpha value is -0.810. The number of hydrogen-bond acceptors (Lipinski definition) is 3. The lowest BCUT2D eigenvalue weighted by atomic mass is 9.97. The number of guanidine groups is 1. The second-order valence-electron chi connectivity index (χ2n) is 4.91. The first-order chi connectivity index (χ1) is 8.86. The van der Waals surface area contributed by atoms with Crippen LogP contribution in [0.5, 0.6) is 0 Å². The summed E-state index contributed by atoms with van der Waals surface area (Å²) in [5.41, 5.74) is 2.66. The summed E-state index contributed by atoms with van der Waals surface area (Å²) in [5.74, 6) is 6.22. The van der Waals surface area contributed by atoms with Crippen molar-refractivity contribution in [2.45, 2.75) is 57.4 Å². The van der Waals surface area contributed by atoms with Gasteiger partial charge in [0, 0.05) is 26.3 Å². The fourth-order valence-electron chi connectivity index (χ4n) is 2.33. The van der Waals surface area contributed by atoms with E-state index in [1.165, 1.54) is 44.9 Å². The highest BCUT2D eigenvalue weighted by Gasteiger charge is 2.12. The summed E-state index contributed by atoms with van der Waals surface area (Å²) in [6, 6.07) is 0.516. The fourth-order valence-corrected chi connectivity index (χ4v) is 2.33. The van der Waals surface area contributed by atoms with Crippen LogP contribution in [0.2, 0.25) is 0 Å². The quantitative estimate of drug-likeness (QED) is 0.229. The highest BCUT2D eigenvalue weighted by atomic mass is 16.5. The Morgan fingerprint density at radius 3 is 2.50 bits per heavy atom. The number of hydrazine groups is 1. The van der Waals surface area contributed by atoms with Crippen LogP contribution in [0.15, 0.2) is 4.99 Å². The Morgan fingerprint density at radius 1 is 1.22 bits per heavy atom. The highest BCUT2D eigenvalue weighted by Crippen LogP contribution is 2.16. The van der Waals surface area contributed by atoms with Crippen molar-refractivity contribution in [1.29, 1.82) is 0 Å². The van der Waals surface area contributed by atoms with E-state index in [0.717, 1.165) is 25.5 Å². The van der Waals surface area contributed by atoms with Gasteiger partial charge in [0.05, 0.1) is 0 Å². The maximum absolute atomic E-state index is 5.50. The van der Waals surface area contributed by atoms with E-state index in [4.69, 9.17) is 10.6 Å². The van der Waals surface area contributed by atoms with Crippen molar-refractivity contribution >= 4 is 5.96 Å². The van der Waals surface area contributed by atoms with Crippen molar-refractivity contribution in [3.8, 4) is 0 Å². The molecule has 0 aliphatic heterocycles. The van der Waals surface area contributed by atoms with Crippen LogP contribution in [-0.4, -0.2) is 32.3 Å². The van der Waals surface area contributed by atoms with Crippen LogP contribution in [-0.2, 0) is 4.74 Å². The van der Waals surface area contributed by atoms with Gasteiger partial charge in [0.2, 0.25) is 5.96 Å². The predicted octanol–water partition coefficient (Wildman–Crippen LogP) is 1.54. The third-order valence-electron chi connectivity index (χ3n) is 3.36. The maximum Gasteiger partial charge on any atom is 0.205 e. The second-order valence-corrected chi connectivity index (χ2v) is 4.91. The first kappa shape index (κ1) is 15.2. The molecule has 0 heterocycles. The van der Waals surface area contributed by atoms with Crippen molar-refractivity contribution in [3.05, 3.63) is 0 Å². The van der Waals surface area contributed by atoms with E-state index in [0.29, 0.717) is 6.04 Å². The molecule has 0 radical (unpaired) electrons. The van der Waals surface area contributed by atoms with E-state index in [2.05, 4.69) is 15.7 Å². The molecular weight excluding hydrogens is 228 g/mol. The van der Waals surface area contributed by atoms with Gasteiger partial charge in [-0.25, -0.2) is 5.84 Å². The van der Waals surface area contributed by atoms with Crippen LogP contribution in [0.1, 0.15) is 51.4 Å². The van der Waals surface area contributed by atoms with E-state index < -0.39 is 0 Å². The number of nitrogens with two attached hydrogens (primary N) is 1. The number of methoxy groups -OCH3 is 1. The molecule has 1 fully saturated rings. The molecule has 5 heteroatoms. The Labute approximate surface area is 111 Å². The lowest BCUT2D eigenvalue weighted by Crippen LogP contribution is -2.46. The minimum Gasteiger partial charge on any atom is -0.385 e. The van der Waals surface area contributed by atoms with Gasteiger partial charge in [-0.05, 0) is 19.3 Å². The Balaban J connectivity index is 2.30. The fraction of sp³-hybridized carbons (Fsp3) is 0.923. The van der Waals surface area contributed by atoms with Gasteiger partial charge in [0.15, 0.2) is 0 Å². The predicted molar refractivity (Wildman–Crippen MR) is 75.4 cm³/mol. The molecule has 1 rings (SSSR count). The molecular formula is C13H28N4O. The van der Waals surface area contributed by atoms with Gasteiger partial charge < -0.3 is 10.1 Å². The normalized spacial score (nSPS) is 19.1. The highest BCUT2D eigenvalue weighted by molar-refractivity contribution is 5.79. The van der Waals surface area contributed by atoms with Crippen LogP contribution < -0.4 is 16.6 Å². The van der Waals surface area contributed by atoms with E-state index in [-0.39, 0.29) is 0 Å². The molecule has 0 bridgehead atoms. The largest absolute Gasteiger partial charge is 0.385 e. The molecule has 0 saturated heterocycles. The molecule has 0 unspecified atom stereocenters. The van der Waals surface area contributed by atoms with Gasteiger partial charge >= 0.3 is 0 Å². The standard InChI is InChI=1S/C13H28N4O/c1-18-11-7-10-15-13(17-14)16-12-8-5-3-2-4-6-9-12/h12H,2-11,14H2,1H3,(H2,15,16,17). The minimum absolute atomic E-state index is 0.516. The monoisotopic (exact) mass is 256 g/mol. The molecule has 4 N–H and O–H groups in total. The zero-order valence-corrected chi connectivity index (χ0v) is 11.6. The van der Waals surface area contributed by atoms with Crippen LogP contribution in [0.3, 0.4) is 0 Å². The molecule has 0 aromatic heterocycles. The summed E-state index contributed by atoms with van der Waals surface area (Å²) >= 11 is 0. The number of rotatable bonds is 5. The van der Waals surface area contributed by atoms with Gasteiger partial charge in [-0.3, -0.25) is 10.4 Å². The molecule has 106 valence electrons. The number of hydrogen-bond donors (Lipinski definition) is 3. The molecule has 1 aliphatic carbocycles. The molecule has 0 aromatic rings. The third kappa shape index (κ3) is 6.81. The van der Waals surface area contributed by atoms with Crippen molar-refractivity contribution in [2.75, 3.05) is 20.3 Å². The van der Waals surface area contributed by atoms with Gasteiger partial charge in [-0.15, -0.1) is 0 Å². The molecule has 0 spiro atoms. The Bertz CT molecular complexity index is 225. The number of ether oxygens (including phenoxy) is 1. The zero-order valence-electron chi connectivity index (χ0n) is 11.6. The number of nitrogens with zero attached hydrogens (tertiary/aromatic N) is 1. The maximum atomic E-state index is 5.50. The van der Waals surface area contributed by atoms with Crippen LogP contribution in [0.25, 0.3) is 0 Å². The van der Waals surface area contributed by atoms with E-state index in [9.17, 15) is 0 Å². The average Bonchev–Trinajstić information content (AvgIpc) is 2.35. The Kier molecular flexibility index (Phi) is 8.59. The molecule has 1 aliphatic rings. The summed E-state index contributed by atoms with van der Waals surface area (Å²) in [7, 11) is 1.71. The molecule has 18 heavy (non-hydrogen) atoms. The first-order valence-corrected chi connectivity index (χ1v) is 7.13. The lowest BCUT2D eigenvalue weighted by Gasteiger charge is -2.22. The Morgan fingerprint density at radius 2 is 1.89 bits per heavy atom. The summed E-state index contributed by atoms with van der Waals surface area (Å²) < 4.78 is 5.00. The smallest absolute Gasteiger partial charge is 0.205 e. The van der Waals surface area contributed by atoms with E-state index >= 15 is 0 Å². The van der Waals surface area contributed by atoms with Gasteiger partial charge in [-0.2, -0.15) is 0 Å². The van der Waals surface area contributed by atoms with Crippen molar-refractivity contribution in [1.82, 2.24) is 10.7 Å². The summed E-state index contributed by atoms with van der Waals surface area (Å²) in [6.45, 7) is 1.48. The average molecular weight is 256 g/mol. The topological polar surface area (TPSA) is 71.7 Å². The SMILES string of the molecule is COCCCN=C(NN)NC1CCCCCCC1. The summed E-state index contributed by atoms with van der Waals surface area (Å²) in [4.78, 5) is 4.42. The van der Waals surface area contributed by atoms with Gasteiger partial charge in [-0.1, -0.05) is 32.1 Å². The lowest BCUT2D eigenvalue weighted by molar-refractivity contribution is 0.197. The van der Waals surface area contributed by atoms with Crippen molar-refractivity contribution in [2.24, 2.45) is 10.8 Å². The minimum atomic E-state index is 0.516. The first-order valence-electron chi connectivity index (χ1n) is 7.13.